The van der Waals surface area contributed by atoms with E-state index in [1.54, 1.807) is 6.33 Å². The van der Waals surface area contributed by atoms with Crippen LogP contribution in [0.25, 0.3) is 11.4 Å². The Morgan fingerprint density at radius 2 is 2.04 bits per heavy atom. The van der Waals surface area contributed by atoms with Gasteiger partial charge in [-0.1, -0.05) is 0 Å². The standard InChI is InChI=1S/C18H21N9/c1-11-8-26-16(21-11)5-4-15(24-26)23-14-6-7-25(9-14)17-12(2)13(3)22-18-19-10-20-27(17)18/h4-5,8,10,14H,6-7,9H2,1-3H3,(H,23,24). The van der Waals surface area contributed by atoms with Crippen LogP contribution in [0.1, 0.15) is 23.4 Å². The van der Waals surface area contributed by atoms with Crippen LogP contribution in [0.3, 0.4) is 0 Å². The lowest BCUT2D eigenvalue weighted by atomic mass is 10.2. The molecule has 1 aliphatic rings. The molecule has 0 bridgehead atoms. The van der Waals surface area contributed by atoms with Gasteiger partial charge in [0.15, 0.2) is 5.65 Å². The molecule has 1 aliphatic heterocycles. The SMILES string of the molecule is Cc1cn2nc(NC3CCN(c4c(C)c(C)nc5ncnn45)C3)ccc2n1. The minimum Gasteiger partial charge on any atom is -0.364 e. The van der Waals surface area contributed by atoms with Gasteiger partial charge in [0, 0.05) is 30.4 Å². The summed E-state index contributed by atoms with van der Waals surface area (Å²) in [4.78, 5) is 15.5. The van der Waals surface area contributed by atoms with E-state index in [0.717, 1.165) is 53.7 Å². The lowest BCUT2D eigenvalue weighted by Crippen LogP contribution is -2.29. The Labute approximate surface area is 156 Å². The molecule has 0 amide bonds. The van der Waals surface area contributed by atoms with Crippen molar-refractivity contribution >= 4 is 23.1 Å². The van der Waals surface area contributed by atoms with E-state index in [2.05, 4.69) is 42.3 Å². The highest BCUT2D eigenvalue weighted by Gasteiger charge is 2.27. The van der Waals surface area contributed by atoms with E-state index in [-0.39, 0.29) is 0 Å². The molecular formula is C18H21N9. The van der Waals surface area contributed by atoms with Gasteiger partial charge in [0.1, 0.15) is 18.0 Å². The van der Waals surface area contributed by atoms with Crippen LogP contribution in [0.2, 0.25) is 0 Å². The van der Waals surface area contributed by atoms with Gasteiger partial charge in [0.05, 0.1) is 11.9 Å². The maximum atomic E-state index is 4.62. The van der Waals surface area contributed by atoms with Crippen LogP contribution in [0, 0.1) is 20.8 Å². The Bertz CT molecular complexity index is 1140. The summed E-state index contributed by atoms with van der Waals surface area (Å²) in [7, 11) is 0. The Balaban J connectivity index is 1.40. The average molecular weight is 363 g/mol. The van der Waals surface area contributed by atoms with Crippen LogP contribution in [0.15, 0.2) is 24.7 Å². The zero-order chi connectivity index (χ0) is 18.5. The lowest BCUT2D eigenvalue weighted by Gasteiger charge is -2.22. The zero-order valence-electron chi connectivity index (χ0n) is 15.6. The van der Waals surface area contributed by atoms with E-state index in [0.29, 0.717) is 11.8 Å². The van der Waals surface area contributed by atoms with Gasteiger partial charge >= 0.3 is 0 Å². The first-order valence-corrected chi connectivity index (χ1v) is 9.10. The highest BCUT2D eigenvalue weighted by molar-refractivity contribution is 5.55. The fraction of sp³-hybridized carbons (Fsp3) is 0.389. The van der Waals surface area contributed by atoms with Gasteiger partial charge in [0.2, 0.25) is 0 Å². The Morgan fingerprint density at radius 1 is 1.15 bits per heavy atom. The van der Waals surface area contributed by atoms with Crippen molar-refractivity contribution in [3.05, 3.63) is 41.6 Å². The first-order valence-electron chi connectivity index (χ1n) is 9.10. The number of hydrogen-bond donors (Lipinski definition) is 1. The predicted molar refractivity (Wildman–Crippen MR) is 102 cm³/mol. The lowest BCUT2D eigenvalue weighted by molar-refractivity contribution is 0.783. The van der Waals surface area contributed by atoms with Crippen molar-refractivity contribution in [2.45, 2.75) is 33.2 Å². The maximum absolute atomic E-state index is 4.62. The molecule has 0 radical (unpaired) electrons. The quantitative estimate of drug-likeness (QED) is 0.593. The fourth-order valence-electron chi connectivity index (χ4n) is 3.74. The molecule has 0 aliphatic carbocycles. The Hall–Kier alpha value is -3.23. The number of fused-ring (bicyclic) bond motifs is 2. The molecule has 0 saturated carbocycles. The molecule has 4 aromatic rings. The largest absolute Gasteiger partial charge is 0.364 e. The number of hydrogen-bond acceptors (Lipinski definition) is 7. The van der Waals surface area contributed by atoms with Gasteiger partial charge < -0.3 is 10.2 Å². The van der Waals surface area contributed by atoms with Gasteiger partial charge in [-0.05, 0) is 39.3 Å². The fourth-order valence-corrected chi connectivity index (χ4v) is 3.74. The van der Waals surface area contributed by atoms with Crippen LogP contribution >= 0.6 is 0 Å². The molecule has 1 unspecified atom stereocenters. The second-order valence-corrected chi connectivity index (χ2v) is 7.10. The first kappa shape index (κ1) is 16.0. The highest BCUT2D eigenvalue weighted by atomic mass is 15.4. The van der Waals surface area contributed by atoms with Crippen molar-refractivity contribution in [3.8, 4) is 0 Å². The summed E-state index contributed by atoms with van der Waals surface area (Å²) in [6.45, 7) is 7.91. The number of nitrogens with one attached hydrogen (secondary N) is 1. The molecule has 1 fully saturated rings. The van der Waals surface area contributed by atoms with Crippen LogP contribution in [0.4, 0.5) is 11.6 Å². The number of aromatic nitrogens is 7. The molecule has 5 rings (SSSR count). The molecule has 138 valence electrons. The van der Waals surface area contributed by atoms with Gasteiger partial charge in [-0.25, -0.2) is 14.5 Å². The number of aryl methyl sites for hydroxylation is 2. The minimum atomic E-state index is 0.311. The maximum Gasteiger partial charge on any atom is 0.254 e. The van der Waals surface area contributed by atoms with E-state index in [1.807, 2.05) is 41.2 Å². The third-order valence-corrected chi connectivity index (χ3v) is 5.16. The summed E-state index contributed by atoms with van der Waals surface area (Å²) >= 11 is 0. The highest BCUT2D eigenvalue weighted by Crippen LogP contribution is 2.26. The minimum absolute atomic E-state index is 0.311. The van der Waals surface area contributed by atoms with Crippen LogP contribution in [-0.2, 0) is 0 Å². The van der Waals surface area contributed by atoms with Crippen molar-refractivity contribution in [1.82, 2.24) is 34.2 Å². The second-order valence-electron chi connectivity index (χ2n) is 7.10. The third kappa shape index (κ3) is 2.66. The van der Waals surface area contributed by atoms with E-state index < -0.39 is 0 Å². The number of rotatable bonds is 3. The topological polar surface area (TPSA) is 88.5 Å². The summed E-state index contributed by atoms with van der Waals surface area (Å²) in [5, 5.41) is 12.5. The van der Waals surface area contributed by atoms with E-state index in [9.17, 15) is 0 Å². The van der Waals surface area contributed by atoms with Crippen molar-refractivity contribution in [1.29, 1.82) is 0 Å². The Kier molecular flexibility index (Phi) is 3.49. The van der Waals surface area contributed by atoms with Crippen LogP contribution in [0.5, 0.6) is 0 Å². The summed E-state index contributed by atoms with van der Waals surface area (Å²) in [6.07, 6.45) is 4.52. The summed E-state index contributed by atoms with van der Waals surface area (Å²) < 4.78 is 3.66. The normalized spacial score (nSPS) is 17.3. The summed E-state index contributed by atoms with van der Waals surface area (Å²) in [6, 6.07) is 4.29. The molecule has 1 saturated heterocycles. The molecule has 5 heterocycles. The third-order valence-electron chi connectivity index (χ3n) is 5.16. The predicted octanol–water partition coefficient (Wildman–Crippen LogP) is 1.78. The summed E-state index contributed by atoms with van der Waals surface area (Å²) in [5.41, 5.74) is 3.96. The van der Waals surface area contributed by atoms with Gasteiger partial charge in [-0.15, -0.1) is 5.10 Å². The second kappa shape index (κ2) is 5.90. The average Bonchev–Trinajstić information content (AvgIpc) is 3.35. The van der Waals surface area contributed by atoms with Gasteiger partial charge in [-0.2, -0.15) is 14.6 Å². The van der Waals surface area contributed by atoms with Gasteiger partial charge in [0.25, 0.3) is 5.78 Å². The molecule has 9 nitrogen and oxygen atoms in total. The Morgan fingerprint density at radius 3 is 2.93 bits per heavy atom. The first-order chi connectivity index (χ1) is 13.1. The van der Waals surface area contributed by atoms with Crippen LogP contribution < -0.4 is 10.2 Å². The molecule has 4 aromatic heterocycles. The summed E-state index contributed by atoms with van der Waals surface area (Å²) in [5.74, 6) is 2.58. The number of imidazole rings is 1. The molecule has 1 atom stereocenters. The van der Waals surface area contributed by atoms with E-state index >= 15 is 0 Å². The molecule has 1 N–H and O–H groups in total. The smallest absolute Gasteiger partial charge is 0.254 e. The van der Waals surface area contributed by atoms with Crippen LogP contribution in [-0.4, -0.2) is 53.3 Å². The molecule has 0 spiro atoms. The molecular weight excluding hydrogens is 342 g/mol. The van der Waals surface area contributed by atoms with Crippen molar-refractivity contribution < 1.29 is 0 Å². The van der Waals surface area contributed by atoms with Gasteiger partial charge in [-0.3, -0.25) is 0 Å². The zero-order valence-corrected chi connectivity index (χ0v) is 15.6. The molecule has 9 heteroatoms. The van der Waals surface area contributed by atoms with E-state index in [4.69, 9.17) is 0 Å². The number of nitrogens with zero attached hydrogens (tertiary/aromatic N) is 8. The van der Waals surface area contributed by atoms with E-state index in [1.165, 1.54) is 0 Å². The molecule has 0 aromatic carbocycles. The van der Waals surface area contributed by atoms with Crippen molar-refractivity contribution in [2.75, 3.05) is 23.3 Å². The van der Waals surface area contributed by atoms with Crippen molar-refractivity contribution in [2.24, 2.45) is 0 Å². The molecule has 27 heavy (non-hydrogen) atoms. The monoisotopic (exact) mass is 363 g/mol. The number of anilines is 2. The van der Waals surface area contributed by atoms with Crippen molar-refractivity contribution in [3.63, 3.8) is 0 Å².